The average molecular weight is 250 g/mol. The number of H-pyrrole nitrogens is 2. The fourth-order valence-electron chi connectivity index (χ4n) is 1.97. The van der Waals surface area contributed by atoms with Crippen molar-refractivity contribution in [1.29, 1.82) is 0 Å². The molecule has 3 rings (SSSR count). The van der Waals surface area contributed by atoms with Crippen LogP contribution in [0.3, 0.4) is 0 Å². The van der Waals surface area contributed by atoms with E-state index in [1.54, 1.807) is 0 Å². The van der Waals surface area contributed by atoms with Crippen molar-refractivity contribution in [3.8, 4) is 22.9 Å². The number of aromatic nitrogens is 2. The molecule has 0 saturated carbocycles. The summed E-state index contributed by atoms with van der Waals surface area (Å²) in [6, 6.07) is 3.39. The minimum atomic E-state index is -0.970. The highest BCUT2D eigenvalue weighted by molar-refractivity contribution is 5.97. The van der Waals surface area contributed by atoms with Gasteiger partial charge in [0.25, 0.3) is 0 Å². The Balaban J connectivity index is 2.30. The van der Waals surface area contributed by atoms with Gasteiger partial charge in [-0.2, -0.15) is 0 Å². The van der Waals surface area contributed by atoms with E-state index >= 15 is 0 Å². The van der Waals surface area contributed by atoms with E-state index in [1.165, 1.54) is 12.3 Å². The van der Waals surface area contributed by atoms with E-state index in [-0.39, 0.29) is 11.8 Å². The van der Waals surface area contributed by atoms with Gasteiger partial charge in [-0.25, -0.2) is 8.78 Å². The van der Waals surface area contributed by atoms with Gasteiger partial charge in [-0.3, -0.25) is 4.98 Å². The summed E-state index contributed by atoms with van der Waals surface area (Å²) in [6.45, 7) is 0. The van der Waals surface area contributed by atoms with E-state index < -0.39 is 11.6 Å². The molecule has 0 saturated heterocycles. The van der Waals surface area contributed by atoms with E-state index in [4.69, 9.17) is 0 Å². The summed E-state index contributed by atoms with van der Waals surface area (Å²) >= 11 is 0. The molecule has 18 heavy (non-hydrogen) atoms. The number of hydrogen-bond donors (Lipinski definition) is 4. The Labute approximate surface area is 99.5 Å². The smallest absolute Gasteiger partial charge is 0.199 e. The molecule has 3 aromatic rings. The van der Waals surface area contributed by atoms with Crippen LogP contribution < -0.4 is 0 Å². The van der Waals surface area contributed by atoms with Crippen molar-refractivity contribution in [2.24, 2.45) is 0 Å². The molecule has 2 aromatic heterocycles. The SMILES string of the molecule is Oc1cc(-c2c[nH]c3cc(F)c(F)cc23)c(O)[nH]1. The van der Waals surface area contributed by atoms with Crippen molar-refractivity contribution >= 4 is 10.9 Å². The van der Waals surface area contributed by atoms with E-state index in [0.29, 0.717) is 22.0 Å². The molecule has 4 nitrogen and oxygen atoms in total. The maximum Gasteiger partial charge on any atom is 0.199 e. The van der Waals surface area contributed by atoms with Gasteiger partial charge >= 0.3 is 0 Å². The molecule has 0 atom stereocenters. The molecule has 1 aromatic carbocycles. The maximum absolute atomic E-state index is 13.2. The summed E-state index contributed by atoms with van der Waals surface area (Å²) in [7, 11) is 0. The van der Waals surface area contributed by atoms with Crippen molar-refractivity contribution in [1.82, 2.24) is 9.97 Å². The van der Waals surface area contributed by atoms with Gasteiger partial charge in [0.2, 0.25) is 0 Å². The van der Waals surface area contributed by atoms with Crippen LogP contribution in [-0.4, -0.2) is 20.2 Å². The lowest BCUT2D eigenvalue weighted by atomic mass is 10.1. The summed E-state index contributed by atoms with van der Waals surface area (Å²) in [4.78, 5) is 5.09. The molecule has 0 aliphatic heterocycles. The zero-order valence-electron chi connectivity index (χ0n) is 8.96. The van der Waals surface area contributed by atoms with Crippen molar-refractivity contribution in [2.75, 3.05) is 0 Å². The predicted octanol–water partition coefficient (Wildman–Crippen LogP) is 2.85. The van der Waals surface area contributed by atoms with Crippen LogP contribution >= 0.6 is 0 Å². The Morgan fingerprint density at radius 1 is 0.944 bits per heavy atom. The molecule has 0 bridgehead atoms. The van der Waals surface area contributed by atoms with Gasteiger partial charge in [-0.15, -0.1) is 0 Å². The maximum atomic E-state index is 13.2. The van der Waals surface area contributed by atoms with Crippen LogP contribution in [0.5, 0.6) is 11.8 Å². The third-order valence-electron chi connectivity index (χ3n) is 2.80. The second-order valence-corrected chi connectivity index (χ2v) is 3.93. The van der Waals surface area contributed by atoms with Gasteiger partial charge < -0.3 is 15.2 Å². The highest BCUT2D eigenvalue weighted by Crippen LogP contribution is 2.37. The summed E-state index contributed by atoms with van der Waals surface area (Å²) in [6.07, 6.45) is 1.51. The lowest BCUT2D eigenvalue weighted by Crippen LogP contribution is -1.83. The third-order valence-corrected chi connectivity index (χ3v) is 2.80. The van der Waals surface area contributed by atoms with Crippen molar-refractivity contribution < 1.29 is 19.0 Å². The molecule has 2 heterocycles. The first-order chi connectivity index (χ1) is 8.56. The minimum absolute atomic E-state index is 0.209. The summed E-state index contributed by atoms with van der Waals surface area (Å²) in [5.74, 6) is -2.36. The summed E-state index contributed by atoms with van der Waals surface area (Å²) in [5, 5.41) is 19.3. The number of rotatable bonds is 1. The monoisotopic (exact) mass is 250 g/mol. The Morgan fingerprint density at radius 2 is 1.67 bits per heavy atom. The molecule has 6 heteroatoms. The molecule has 0 spiro atoms. The quantitative estimate of drug-likeness (QED) is 0.536. The highest BCUT2D eigenvalue weighted by Gasteiger charge is 2.15. The molecule has 0 fully saturated rings. The molecule has 0 amide bonds. The standard InChI is InChI=1S/C12H8F2N2O2/c13-8-1-5-7(4-15-10(5)3-9(8)14)6-2-11(17)16-12(6)18/h1-4,15-18H. The lowest BCUT2D eigenvalue weighted by Gasteiger charge is -1.98. The van der Waals surface area contributed by atoms with Crippen LogP contribution in [0.2, 0.25) is 0 Å². The van der Waals surface area contributed by atoms with Gasteiger partial charge in [0, 0.05) is 40.4 Å². The van der Waals surface area contributed by atoms with Crippen molar-refractivity contribution in [2.45, 2.75) is 0 Å². The second-order valence-electron chi connectivity index (χ2n) is 3.93. The van der Waals surface area contributed by atoms with Gasteiger partial charge in [0.05, 0.1) is 0 Å². The van der Waals surface area contributed by atoms with Crippen LogP contribution in [0.4, 0.5) is 8.78 Å². The van der Waals surface area contributed by atoms with Crippen molar-refractivity contribution in [3.05, 3.63) is 36.0 Å². The zero-order valence-corrected chi connectivity index (χ0v) is 8.96. The van der Waals surface area contributed by atoms with E-state index in [0.717, 1.165) is 12.1 Å². The molecule has 0 unspecified atom stereocenters. The third kappa shape index (κ3) is 1.42. The van der Waals surface area contributed by atoms with Crippen LogP contribution in [-0.2, 0) is 0 Å². The number of nitrogens with one attached hydrogen (secondary N) is 2. The van der Waals surface area contributed by atoms with E-state index in [9.17, 15) is 19.0 Å². The zero-order chi connectivity index (χ0) is 12.9. The van der Waals surface area contributed by atoms with Gasteiger partial charge in [0.15, 0.2) is 23.4 Å². The van der Waals surface area contributed by atoms with E-state index in [2.05, 4.69) is 9.97 Å². The van der Waals surface area contributed by atoms with Gasteiger partial charge in [0.1, 0.15) is 0 Å². The largest absolute Gasteiger partial charge is 0.494 e. The molecule has 0 aliphatic carbocycles. The van der Waals surface area contributed by atoms with Crippen LogP contribution in [0.25, 0.3) is 22.0 Å². The minimum Gasteiger partial charge on any atom is -0.494 e. The number of fused-ring (bicyclic) bond motifs is 1. The Kier molecular flexibility index (Phi) is 2.07. The van der Waals surface area contributed by atoms with Crippen LogP contribution in [0, 0.1) is 11.6 Å². The molecule has 0 radical (unpaired) electrons. The fourth-order valence-corrected chi connectivity index (χ4v) is 1.97. The summed E-state index contributed by atoms with van der Waals surface area (Å²) in [5.41, 5.74) is 1.19. The molecule has 4 N–H and O–H groups in total. The number of aromatic amines is 2. The number of benzene rings is 1. The van der Waals surface area contributed by atoms with Gasteiger partial charge in [-0.1, -0.05) is 0 Å². The molecule has 92 valence electrons. The first-order valence-electron chi connectivity index (χ1n) is 5.13. The normalized spacial score (nSPS) is 11.2. The Bertz CT molecular complexity index is 746. The average Bonchev–Trinajstić information content (AvgIpc) is 2.83. The summed E-state index contributed by atoms with van der Waals surface area (Å²) < 4.78 is 26.3. The van der Waals surface area contributed by atoms with Crippen LogP contribution in [0.1, 0.15) is 0 Å². The first-order valence-corrected chi connectivity index (χ1v) is 5.13. The van der Waals surface area contributed by atoms with Gasteiger partial charge in [-0.05, 0) is 6.07 Å². The Morgan fingerprint density at radius 3 is 2.33 bits per heavy atom. The number of hydrogen-bond acceptors (Lipinski definition) is 2. The highest BCUT2D eigenvalue weighted by atomic mass is 19.2. The molecule has 0 aliphatic rings. The number of aromatic hydroxyl groups is 2. The Hall–Kier alpha value is -2.50. The first kappa shape index (κ1) is 10.6. The fraction of sp³-hybridized carbons (Fsp3) is 0. The van der Waals surface area contributed by atoms with Crippen LogP contribution in [0.15, 0.2) is 24.4 Å². The number of halogens is 2. The van der Waals surface area contributed by atoms with Crippen molar-refractivity contribution in [3.63, 3.8) is 0 Å². The predicted molar refractivity (Wildman–Crippen MR) is 61.3 cm³/mol. The topological polar surface area (TPSA) is 72.0 Å². The lowest BCUT2D eigenvalue weighted by molar-refractivity contribution is 0.426. The van der Waals surface area contributed by atoms with E-state index in [1.807, 2.05) is 0 Å². The molecular weight excluding hydrogens is 242 g/mol. The molecular formula is C12H8F2N2O2. The second kappa shape index (κ2) is 3.49.